The molecule has 0 unspecified atom stereocenters. The maximum Gasteiger partial charge on any atom is 0.0547 e. The van der Waals surface area contributed by atoms with Crippen LogP contribution in [0.4, 0.5) is 17.1 Å². The zero-order valence-corrected chi connectivity index (χ0v) is 28.6. The Bertz CT molecular complexity index is 2830. The van der Waals surface area contributed by atoms with Crippen molar-refractivity contribution in [1.29, 1.82) is 0 Å². The van der Waals surface area contributed by atoms with Crippen LogP contribution in [0.25, 0.3) is 69.9 Å². The second-order valence-electron chi connectivity index (χ2n) is 13.0. The van der Waals surface area contributed by atoms with E-state index in [2.05, 4.69) is 204 Å². The van der Waals surface area contributed by atoms with Crippen molar-refractivity contribution in [2.45, 2.75) is 0 Å². The molecule has 240 valence electrons. The fourth-order valence-electron chi connectivity index (χ4n) is 7.55. The minimum atomic E-state index is 1.11. The fraction of sp³-hybridized carbons (Fsp3) is 0. The summed E-state index contributed by atoms with van der Waals surface area (Å²) in [6.07, 6.45) is 0. The predicted octanol–water partition coefficient (Wildman–Crippen LogP) is 14.0. The van der Waals surface area contributed by atoms with Crippen LogP contribution in [0.3, 0.4) is 0 Å². The lowest BCUT2D eigenvalue weighted by atomic mass is 10.0. The Morgan fingerprint density at radius 1 is 0.333 bits per heavy atom. The summed E-state index contributed by atoms with van der Waals surface area (Å²) < 4.78 is 5.05. The molecule has 2 aromatic heterocycles. The van der Waals surface area contributed by atoms with Crippen molar-refractivity contribution >= 4 is 70.4 Å². The van der Waals surface area contributed by atoms with E-state index in [1.54, 1.807) is 0 Å². The molecular formula is C48H32N2S. The molecule has 10 aromatic rings. The molecule has 0 saturated carbocycles. The average molecular weight is 669 g/mol. The number of hydrogen-bond acceptors (Lipinski definition) is 2. The summed E-state index contributed by atoms with van der Waals surface area (Å²) in [5, 5.41) is 5.09. The normalized spacial score (nSPS) is 11.5. The molecule has 8 aromatic carbocycles. The molecule has 0 aliphatic heterocycles. The van der Waals surface area contributed by atoms with E-state index in [9.17, 15) is 0 Å². The summed E-state index contributed by atoms with van der Waals surface area (Å²) in [6, 6.07) is 70.4. The molecule has 0 saturated heterocycles. The highest BCUT2D eigenvalue weighted by Gasteiger charge is 2.18. The minimum absolute atomic E-state index is 1.11. The van der Waals surface area contributed by atoms with Gasteiger partial charge in [0, 0.05) is 53.7 Å². The largest absolute Gasteiger partial charge is 0.310 e. The average Bonchev–Trinajstić information content (AvgIpc) is 3.74. The first-order valence-corrected chi connectivity index (χ1v) is 18.2. The first-order chi connectivity index (χ1) is 25.3. The molecule has 0 spiro atoms. The van der Waals surface area contributed by atoms with Gasteiger partial charge in [-0.15, -0.1) is 11.3 Å². The standard InChI is InChI=1S/C48H32N2S/c1-4-12-33(13-5-1)35-21-28-45-43(30-35)41-27-20-36(34-14-6-2-7-15-34)31-46(41)50(45)39-24-22-38(23-25-39)49(37-16-8-3-9-17-37)40-26-29-48-44(32-40)42-18-10-11-19-47(42)51-48/h1-32H. The van der Waals surface area contributed by atoms with Gasteiger partial charge in [-0.05, 0) is 101 Å². The van der Waals surface area contributed by atoms with Gasteiger partial charge in [0.25, 0.3) is 0 Å². The van der Waals surface area contributed by atoms with E-state index in [-0.39, 0.29) is 0 Å². The van der Waals surface area contributed by atoms with Gasteiger partial charge in [0.15, 0.2) is 0 Å². The lowest BCUT2D eigenvalue weighted by Gasteiger charge is -2.26. The van der Waals surface area contributed by atoms with Gasteiger partial charge in [0.1, 0.15) is 0 Å². The summed E-state index contributed by atoms with van der Waals surface area (Å²) in [5.41, 5.74) is 11.8. The van der Waals surface area contributed by atoms with Crippen LogP contribution < -0.4 is 4.90 Å². The Kier molecular flexibility index (Phi) is 7.04. The summed E-state index contributed by atoms with van der Waals surface area (Å²) in [6.45, 7) is 0. The highest BCUT2D eigenvalue weighted by atomic mass is 32.1. The molecule has 51 heavy (non-hydrogen) atoms. The Hall–Kier alpha value is -6.42. The van der Waals surface area contributed by atoms with E-state index >= 15 is 0 Å². The third-order valence-electron chi connectivity index (χ3n) is 9.98. The monoisotopic (exact) mass is 668 g/mol. The Morgan fingerprint density at radius 2 is 0.922 bits per heavy atom. The molecule has 0 fully saturated rings. The number of thiophene rings is 1. The van der Waals surface area contributed by atoms with Crippen LogP contribution in [0.5, 0.6) is 0 Å². The van der Waals surface area contributed by atoms with Gasteiger partial charge >= 0.3 is 0 Å². The summed E-state index contributed by atoms with van der Waals surface area (Å²) in [7, 11) is 0. The van der Waals surface area contributed by atoms with E-state index in [1.807, 2.05) is 11.3 Å². The maximum absolute atomic E-state index is 2.42. The smallest absolute Gasteiger partial charge is 0.0547 e. The summed E-state index contributed by atoms with van der Waals surface area (Å²) in [4.78, 5) is 2.36. The second kappa shape index (κ2) is 12.2. The van der Waals surface area contributed by atoms with Crippen molar-refractivity contribution in [2.75, 3.05) is 4.90 Å². The van der Waals surface area contributed by atoms with Crippen LogP contribution in [-0.4, -0.2) is 4.57 Å². The van der Waals surface area contributed by atoms with Crippen molar-refractivity contribution in [2.24, 2.45) is 0 Å². The number of hydrogen-bond donors (Lipinski definition) is 0. The van der Waals surface area contributed by atoms with Gasteiger partial charge < -0.3 is 9.47 Å². The number of para-hydroxylation sites is 1. The number of fused-ring (bicyclic) bond motifs is 6. The van der Waals surface area contributed by atoms with Crippen molar-refractivity contribution in [3.8, 4) is 27.9 Å². The zero-order chi connectivity index (χ0) is 33.7. The molecule has 0 N–H and O–H groups in total. The lowest BCUT2D eigenvalue weighted by molar-refractivity contribution is 1.17. The molecule has 3 heteroatoms. The number of nitrogens with zero attached hydrogens (tertiary/aromatic N) is 2. The van der Waals surface area contributed by atoms with Crippen molar-refractivity contribution < 1.29 is 0 Å². The number of benzene rings is 8. The number of aromatic nitrogens is 1. The highest BCUT2D eigenvalue weighted by molar-refractivity contribution is 7.25. The van der Waals surface area contributed by atoms with Gasteiger partial charge in [-0.1, -0.05) is 115 Å². The van der Waals surface area contributed by atoms with E-state index in [0.717, 1.165) is 22.7 Å². The van der Waals surface area contributed by atoms with Gasteiger partial charge in [0.2, 0.25) is 0 Å². The molecule has 0 amide bonds. The molecule has 0 aliphatic rings. The molecule has 0 radical (unpaired) electrons. The zero-order valence-electron chi connectivity index (χ0n) is 27.8. The van der Waals surface area contributed by atoms with Gasteiger partial charge in [-0.3, -0.25) is 0 Å². The molecule has 10 rings (SSSR count). The van der Waals surface area contributed by atoms with Gasteiger partial charge in [0.05, 0.1) is 11.0 Å². The SMILES string of the molecule is c1ccc(-c2ccc3c(c2)c2ccc(-c4ccccc4)cc2n3-c2ccc(N(c3ccccc3)c3ccc4sc5ccccc5c4c3)cc2)cc1. The topological polar surface area (TPSA) is 8.17 Å². The number of rotatable bonds is 6. The third-order valence-corrected chi connectivity index (χ3v) is 11.1. The quantitative estimate of drug-likeness (QED) is 0.171. The first-order valence-electron chi connectivity index (χ1n) is 17.3. The van der Waals surface area contributed by atoms with Crippen molar-refractivity contribution in [3.63, 3.8) is 0 Å². The summed E-state index contributed by atoms with van der Waals surface area (Å²) >= 11 is 1.85. The molecular weight excluding hydrogens is 637 g/mol. The molecule has 0 atom stereocenters. The molecule has 0 bridgehead atoms. The highest BCUT2D eigenvalue weighted by Crippen LogP contribution is 2.42. The van der Waals surface area contributed by atoms with Crippen LogP contribution in [-0.2, 0) is 0 Å². The second-order valence-corrected chi connectivity index (χ2v) is 14.1. The summed E-state index contributed by atoms with van der Waals surface area (Å²) in [5.74, 6) is 0. The number of anilines is 3. The molecule has 0 aliphatic carbocycles. The Labute approximate surface area is 300 Å². The molecule has 2 heterocycles. The molecule has 2 nitrogen and oxygen atoms in total. The maximum atomic E-state index is 2.42. The van der Waals surface area contributed by atoms with E-state index in [4.69, 9.17) is 0 Å². The van der Waals surface area contributed by atoms with Crippen LogP contribution in [0, 0.1) is 0 Å². The lowest BCUT2D eigenvalue weighted by Crippen LogP contribution is -2.09. The van der Waals surface area contributed by atoms with Crippen LogP contribution in [0.2, 0.25) is 0 Å². The Balaban J connectivity index is 1.14. The minimum Gasteiger partial charge on any atom is -0.310 e. The fourth-order valence-corrected chi connectivity index (χ4v) is 8.63. The van der Waals surface area contributed by atoms with E-state index in [0.29, 0.717) is 0 Å². The third kappa shape index (κ3) is 5.10. The van der Waals surface area contributed by atoms with Gasteiger partial charge in [-0.2, -0.15) is 0 Å². The van der Waals surface area contributed by atoms with Gasteiger partial charge in [-0.25, -0.2) is 0 Å². The van der Waals surface area contributed by atoms with Crippen molar-refractivity contribution in [3.05, 3.63) is 194 Å². The van der Waals surface area contributed by atoms with Crippen LogP contribution in [0.15, 0.2) is 194 Å². The van der Waals surface area contributed by atoms with E-state index < -0.39 is 0 Å². The van der Waals surface area contributed by atoms with Crippen LogP contribution in [0.1, 0.15) is 0 Å². The first kappa shape index (κ1) is 29.5. The van der Waals surface area contributed by atoms with Crippen LogP contribution >= 0.6 is 11.3 Å². The predicted molar refractivity (Wildman–Crippen MR) is 219 cm³/mol. The Morgan fingerprint density at radius 3 is 1.67 bits per heavy atom. The van der Waals surface area contributed by atoms with E-state index in [1.165, 1.54) is 64.2 Å². The van der Waals surface area contributed by atoms with Crippen molar-refractivity contribution in [1.82, 2.24) is 4.57 Å².